The summed E-state index contributed by atoms with van der Waals surface area (Å²) in [7, 11) is 3.02. The standard InChI is InChI=1S/C22H25NO6/c1-27-18-12-17(21(24)23-10-8-16(9-11-23)22(25)26)13-19(28-2)20(18)29-14-15-6-4-3-5-7-15/h3-7,12-13,16H,8-11,14H2,1-2H3,(H,25,26). The lowest BCUT2D eigenvalue weighted by Gasteiger charge is -2.30. The van der Waals surface area contributed by atoms with Crippen LogP contribution in [0.15, 0.2) is 42.5 Å². The minimum atomic E-state index is -0.805. The van der Waals surface area contributed by atoms with Gasteiger partial charge in [0.2, 0.25) is 5.75 Å². The molecule has 1 N–H and O–H groups in total. The number of carboxylic acids is 1. The van der Waals surface area contributed by atoms with Gasteiger partial charge in [-0.3, -0.25) is 9.59 Å². The molecular formula is C22H25NO6. The Morgan fingerprint density at radius 3 is 2.14 bits per heavy atom. The molecule has 0 unspecified atom stereocenters. The van der Waals surface area contributed by atoms with Crippen molar-refractivity contribution in [1.82, 2.24) is 4.90 Å². The van der Waals surface area contributed by atoms with Crippen molar-refractivity contribution in [2.24, 2.45) is 5.92 Å². The van der Waals surface area contributed by atoms with Gasteiger partial charge in [0.1, 0.15) is 6.61 Å². The normalized spacial score (nSPS) is 14.3. The highest BCUT2D eigenvalue weighted by Gasteiger charge is 2.28. The Morgan fingerprint density at radius 2 is 1.62 bits per heavy atom. The lowest BCUT2D eigenvalue weighted by atomic mass is 9.96. The summed E-state index contributed by atoms with van der Waals surface area (Å²) in [5.74, 6) is -0.134. The van der Waals surface area contributed by atoms with E-state index in [0.717, 1.165) is 5.56 Å². The Bertz CT molecular complexity index is 834. The summed E-state index contributed by atoms with van der Waals surface area (Å²) in [6.07, 6.45) is 0.904. The first-order valence-corrected chi connectivity index (χ1v) is 9.48. The number of methoxy groups -OCH3 is 2. The average molecular weight is 399 g/mol. The van der Waals surface area contributed by atoms with Gasteiger partial charge in [0.15, 0.2) is 11.5 Å². The fourth-order valence-electron chi connectivity index (χ4n) is 3.39. The predicted octanol–water partition coefficient (Wildman–Crippen LogP) is 3.22. The van der Waals surface area contributed by atoms with E-state index in [-0.39, 0.29) is 5.91 Å². The molecule has 0 radical (unpaired) electrons. The van der Waals surface area contributed by atoms with E-state index >= 15 is 0 Å². The van der Waals surface area contributed by atoms with Crippen molar-refractivity contribution in [2.45, 2.75) is 19.4 Å². The lowest BCUT2D eigenvalue weighted by Crippen LogP contribution is -2.40. The fourth-order valence-corrected chi connectivity index (χ4v) is 3.39. The maximum Gasteiger partial charge on any atom is 0.306 e. The highest BCUT2D eigenvalue weighted by molar-refractivity contribution is 5.95. The minimum Gasteiger partial charge on any atom is -0.493 e. The molecule has 0 aliphatic carbocycles. The third-order valence-corrected chi connectivity index (χ3v) is 5.06. The van der Waals surface area contributed by atoms with Crippen molar-refractivity contribution < 1.29 is 28.9 Å². The van der Waals surface area contributed by atoms with Crippen molar-refractivity contribution in [3.05, 3.63) is 53.6 Å². The molecule has 7 heteroatoms. The molecule has 0 bridgehead atoms. The summed E-state index contributed by atoms with van der Waals surface area (Å²) in [6.45, 7) is 1.16. The van der Waals surface area contributed by atoms with Crippen LogP contribution in [0.2, 0.25) is 0 Å². The monoisotopic (exact) mass is 399 g/mol. The Morgan fingerprint density at radius 1 is 1.03 bits per heavy atom. The largest absolute Gasteiger partial charge is 0.493 e. The molecule has 7 nitrogen and oxygen atoms in total. The van der Waals surface area contributed by atoms with E-state index in [0.29, 0.717) is 55.4 Å². The second-order valence-corrected chi connectivity index (χ2v) is 6.89. The van der Waals surface area contributed by atoms with Crippen LogP contribution in [-0.4, -0.2) is 49.2 Å². The van der Waals surface area contributed by atoms with Gasteiger partial charge in [-0.15, -0.1) is 0 Å². The Balaban J connectivity index is 1.78. The van der Waals surface area contributed by atoms with Crippen molar-refractivity contribution in [2.75, 3.05) is 27.3 Å². The number of piperidine rings is 1. The molecule has 0 spiro atoms. The van der Waals surface area contributed by atoms with Gasteiger partial charge in [-0.2, -0.15) is 0 Å². The molecular weight excluding hydrogens is 374 g/mol. The highest BCUT2D eigenvalue weighted by atomic mass is 16.5. The van der Waals surface area contributed by atoms with E-state index in [1.54, 1.807) is 17.0 Å². The Labute approximate surface area is 169 Å². The highest BCUT2D eigenvalue weighted by Crippen LogP contribution is 2.39. The van der Waals surface area contributed by atoms with Gasteiger partial charge in [0.05, 0.1) is 20.1 Å². The van der Waals surface area contributed by atoms with Gasteiger partial charge < -0.3 is 24.2 Å². The first-order chi connectivity index (χ1) is 14.0. The molecule has 0 aromatic heterocycles. The van der Waals surface area contributed by atoms with Gasteiger partial charge >= 0.3 is 5.97 Å². The maximum atomic E-state index is 12.9. The van der Waals surface area contributed by atoms with Crippen molar-refractivity contribution in [3.63, 3.8) is 0 Å². The molecule has 1 amide bonds. The van der Waals surface area contributed by atoms with E-state index < -0.39 is 11.9 Å². The second kappa shape index (κ2) is 9.32. The zero-order valence-corrected chi connectivity index (χ0v) is 16.6. The summed E-state index contributed by atoms with van der Waals surface area (Å²) in [5, 5.41) is 9.13. The number of hydrogen-bond acceptors (Lipinski definition) is 5. The first-order valence-electron chi connectivity index (χ1n) is 9.48. The lowest BCUT2D eigenvalue weighted by molar-refractivity contribution is -0.143. The average Bonchev–Trinajstić information content (AvgIpc) is 2.77. The smallest absolute Gasteiger partial charge is 0.306 e. The fraction of sp³-hybridized carbons (Fsp3) is 0.364. The first kappa shape index (κ1) is 20.5. The number of hydrogen-bond donors (Lipinski definition) is 1. The summed E-state index contributed by atoms with van der Waals surface area (Å²) in [5.41, 5.74) is 1.41. The van der Waals surface area contributed by atoms with Crippen molar-refractivity contribution >= 4 is 11.9 Å². The van der Waals surface area contributed by atoms with Crippen molar-refractivity contribution in [1.29, 1.82) is 0 Å². The molecule has 154 valence electrons. The zero-order chi connectivity index (χ0) is 20.8. The third kappa shape index (κ3) is 4.80. The second-order valence-electron chi connectivity index (χ2n) is 6.89. The number of aliphatic carboxylic acids is 1. The van der Waals surface area contributed by atoms with E-state index in [9.17, 15) is 9.59 Å². The Hall–Kier alpha value is -3.22. The summed E-state index contributed by atoms with van der Waals surface area (Å²) in [4.78, 5) is 25.7. The molecule has 0 atom stereocenters. The maximum absolute atomic E-state index is 12.9. The quantitative estimate of drug-likeness (QED) is 0.770. The molecule has 1 aliphatic heterocycles. The van der Waals surface area contributed by atoms with E-state index in [1.807, 2.05) is 30.3 Å². The molecule has 1 saturated heterocycles. The molecule has 1 aliphatic rings. The molecule has 3 rings (SSSR count). The van der Waals surface area contributed by atoms with Crippen LogP contribution in [0.4, 0.5) is 0 Å². The van der Waals surface area contributed by atoms with E-state index in [4.69, 9.17) is 19.3 Å². The van der Waals surface area contributed by atoms with Gasteiger partial charge in [0, 0.05) is 18.7 Å². The van der Waals surface area contributed by atoms with Gasteiger partial charge in [-0.25, -0.2) is 0 Å². The number of benzene rings is 2. The van der Waals surface area contributed by atoms with Crippen LogP contribution in [0.5, 0.6) is 17.2 Å². The van der Waals surface area contributed by atoms with Crippen LogP contribution in [-0.2, 0) is 11.4 Å². The molecule has 1 heterocycles. The third-order valence-electron chi connectivity index (χ3n) is 5.06. The number of carboxylic acid groups (broad SMARTS) is 1. The van der Waals surface area contributed by atoms with Crippen LogP contribution in [0, 0.1) is 5.92 Å². The van der Waals surface area contributed by atoms with Crippen LogP contribution < -0.4 is 14.2 Å². The number of ether oxygens (including phenoxy) is 3. The summed E-state index contributed by atoms with van der Waals surface area (Å²) in [6, 6.07) is 13.0. The summed E-state index contributed by atoms with van der Waals surface area (Å²) >= 11 is 0. The molecule has 1 fully saturated rings. The topological polar surface area (TPSA) is 85.3 Å². The van der Waals surface area contributed by atoms with E-state index in [1.165, 1.54) is 14.2 Å². The van der Waals surface area contributed by atoms with Crippen LogP contribution in [0.1, 0.15) is 28.8 Å². The molecule has 2 aromatic rings. The SMILES string of the molecule is COc1cc(C(=O)N2CCC(C(=O)O)CC2)cc(OC)c1OCc1ccccc1. The minimum absolute atomic E-state index is 0.181. The Kier molecular flexibility index (Phi) is 6.59. The number of rotatable bonds is 7. The number of carbonyl (C=O) groups is 2. The van der Waals surface area contributed by atoms with Crippen LogP contribution in [0.3, 0.4) is 0 Å². The van der Waals surface area contributed by atoms with Crippen LogP contribution in [0.25, 0.3) is 0 Å². The van der Waals surface area contributed by atoms with E-state index in [2.05, 4.69) is 0 Å². The molecule has 0 saturated carbocycles. The molecule has 29 heavy (non-hydrogen) atoms. The number of carbonyl (C=O) groups excluding carboxylic acids is 1. The van der Waals surface area contributed by atoms with Gasteiger partial charge in [0.25, 0.3) is 5.91 Å². The number of nitrogens with zero attached hydrogens (tertiary/aromatic N) is 1. The number of amides is 1. The summed E-state index contributed by atoms with van der Waals surface area (Å²) < 4.78 is 16.8. The van der Waals surface area contributed by atoms with Gasteiger partial charge in [-0.1, -0.05) is 30.3 Å². The van der Waals surface area contributed by atoms with Crippen molar-refractivity contribution in [3.8, 4) is 17.2 Å². The predicted molar refractivity (Wildman–Crippen MR) is 107 cm³/mol. The number of likely N-dealkylation sites (tertiary alicyclic amines) is 1. The molecule has 2 aromatic carbocycles. The van der Waals surface area contributed by atoms with Crippen LogP contribution >= 0.6 is 0 Å². The van der Waals surface area contributed by atoms with Gasteiger partial charge in [-0.05, 0) is 30.5 Å². The zero-order valence-electron chi connectivity index (χ0n) is 16.6.